The molecule has 3 aromatic rings. The highest BCUT2D eigenvalue weighted by molar-refractivity contribution is 7.91. The topological polar surface area (TPSA) is 87.3 Å². The van der Waals surface area contributed by atoms with Gasteiger partial charge in [0, 0.05) is 17.9 Å². The van der Waals surface area contributed by atoms with E-state index < -0.39 is 10.0 Å². The zero-order chi connectivity index (χ0) is 19.8. The predicted molar refractivity (Wildman–Crippen MR) is 111 cm³/mol. The van der Waals surface area contributed by atoms with Gasteiger partial charge in [-0.05, 0) is 35.4 Å². The van der Waals surface area contributed by atoms with E-state index in [1.807, 2.05) is 36.4 Å². The fraction of sp³-hybridized carbons (Fsp3) is 0.0952. The zero-order valence-corrected chi connectivity index (χ0v) is 15.9. The van der Waals surface area contributed by atoms with Gasteiger partial charge in [0.05, 0.1) is 5.75 Å². The van der Waals surface area contributed by atoms with Crippen molar-refractivity contribution in [2.75, 3.05) is 10.0 Å². The summed E-state index contributed by atoms with van der Waals surface area (Å²) >= 11 is 0. The number of urea groups is 1. The molecule has 3 N–H and O–H groups in total. The third-order valence-corrected chi connectivity index (χ3v) is 5.17. The van der Waals surface area contributed by atoms with E-state index in [9.17, 15) is 13.2 Å². The molecule has 0 aliphatic heterocycles. The van der Waals surface area contributed by atoms with Gasteiger partial charge in [-0.1, -0.05) is 60.7 Å². The maximum absolute atomic E-state index is 12.3. The van der Waals surface area contributed by atoms with Crippen LogP contribution in [0.5, 0.6) is 0 Å². The first-order valence-corrected chi connectivity index (χ1v) is 10.4. The summed E-state index contributed by atoms with van der Waals surface area (Å²) in [5, 5.41) is 5.48. The van der Waals surface area contributed by atoms with Gasteiger partial charge < -0.3 is 10.6 Å². The molecule has 0 bridgehead atoms. The maximum atomic E-state index is 12.3. The lowest BCUT2D eigenvalue weighted by Crippen LogP contribution is -2.28. The molecule has 7 heteroatoms. The summed E-state index contributed by atoms with van der Waals surface area (Å²) in [4.78, 5) is 12.0. The lowest BCUT2D eigenvalue weighted by atomic mass is 10.2. The Hall–Kier alpha value is -3.32. The van der Waals surface area contributed by atoms with Crippen LogP contribution >= 0.6 is 0 Å². The Labute approximate surface area is 164 Å². The summed E-state index contributed by atoms with van der Waals surface area (Å²) < 4.78 is 27.1. The highest BCUT2D eigenvalue weighted by Crippen LogP contribution is 2.16. The number of sulfonamides is 1. The van der Waals surface area contributed by atoms with Crippen molar-refractivity contribution >= 4 is 27.4 Å². The summed E-state index contributed by atoms with van der Waals surface area (Å²) in [7, 11) is -3.51. The van der Waals surface area contributed by atoms with Crippen molar-refractivity contribution in [2.24, 2.45) is 0 Å². The molecule has 0 saturated carbocycles. The van der Waals surface area contributed by atoms with Crippen molar-refractivity contribution in [3.05, 3.63) is 96.1 Å². The largest absolute Gasteiger partial charge is 0.334 e. The Bertz CT molecular complexity index is 1010. The molecule has 0 spiro atoms. The van der Waals surface area contributed by atoms with Crippen LogP contribution in [-0.2, 0) is 22.3 Å². The highest BCUT2D eigenvalue weighted by atomic mass is 32.2. The highest BCUT2D eigenvalue weighted by Gasteiger charge is 2.11. The van der Waals surface area contributed by atoms with Gasteiger partial charge in [-0.3, -0.25) is 4.72 Å². The lowest BCUT2D eigenvalue weighted by molar-refractivity contribution is 0.251. The molecule has 0 aliphatic carbocycles. The number of carbonyl (C=O) groups excluding carboxylic acids is 1. The van der Waals surface area contributed by atoms with Crippen LogP contribution in [0.1, 0.15) is 11.1 Å². The zero-order valence-electron chi connectivity index (χ0n) is 15.1. The van der Waals surface area contributed by atoms with Crippen LogP contribution in [0.15, 0.2) is 84.9 Å². The number of hydrogen-bond donors (Lipinski definition) is 3. The van der Waals surface area contributed by atoms with E-state index in [0.29, 0.717) is 23.5 Å². The summed E-state index contributed by atoms with van der Waals surface area (Å²) in [5.41, 5.74) is 2.71. The third-order valence-electron chi connectivity index (χ3n) is 3.91. The summed E-state index contributed by atoms with van der Waals surface area (Å²) in [6.45, 7) is 0.421. The van der Waals surface area contributed by atoms with Crippen LogP contribution in [0, 0.1) is 0 Å². The van der Waals surface area contributed by atoms with Crippen LogP contribution in [0.25, 0.3) is 0 Å². The van der Waals surface area contributed by atoms with E-state index in [4.69, 9.17) is 0 Å². The van der Waals surface area contributed by atoms with Crippen molar-refractivity contribution in [1.29, 1.82) is 0 Å². The van der Waals surface area contributed by atoms with E-state index >= 15 is 0 Å². The van der Waals surface area contributed by atoms with E-state index in [0.717, 1.165) is 5.56 Å². The van der Waals surface area contributed by atoms with E-state index in [1.165, 1.54) is 0 Å². The molecular weight excluding hydrogens is 374 g/mol. The van der Waals surface area contributed by atoms with Crippen molar-refractivity contribution in [1.82, 2.24) is 5.32 Å². The Morgan fingerprint density at radius 2 is 1.25 bits per heavy atom. The van der Waals surface area contributed by atoms with Crippen LogP contribution in [-0.4, -0.2) is 14.4 Å². The molecule has 0 saturated heterocycles. The second-order valence-electron chi connectivity index (χ2n) is 6.22. The van der Waals surface area contributed by atoms with E-state index in [1.54, 1.807) is 48.5 Å². The summed E-state index contributed by atoms with van der Waals surface area (Å²) in [6.07, 6.45) is 0. The molecule has 0 radical (unpaired) electrons. The standard InChI is InChI=1S/C21H21N3O3S/c25-21(22-15-17-7-3-1-4-8-17)23-19-11-13-20(14-12-19)24-28(26,27)16-18-9-5-2-6-10-18/h1-14,24H,15-16H2,(H2,22,23,25). The number of anilines is 2. The molecule has 144 valence electrons. The van der Waals surface area contributed by atoms with Gasteiger partial charge >= 0.3 is 6.03 Å². The summed E-state index contributed by atoms with van der Waals surface area (Å²) in [5.74, 6) is -0.101. The van der Waals surface area contributed by atoms with Gasteiger partial charge in [-0.25, -0.2) is 13.2 Å². The maximum Gasteiger partial charge on any atom is 0.319 e. The van der Waals surface area contributed by atoms with Gasteiger partial charge in [0.25, 0.3) is 0 Å². The number of carbonyl (C=O) groups is 1. The average Bonchev–Trinajstić information content (AvgIpc) is 2.69. The SMILES string of the molecule is O=C(NCc1ccccc1)Nc1ccc(NS(=O)(=O)Cc2ccccc2)cc1. The normalized spacial score (nSPS) is 10.9. The molecule has 0 fully saturated rings. The van der Waals surface area contributed by atoms with Crippen molar-refractivity contribution in [3.8, 4) is 0 Å². The van der Waals surface area contributed by atoms with Gasteiger partial charge in [0.1, 0.15) is 0 Å². The molecule has 0 unspecified atom stereocenters. The second kappa shape index (κ2) is 9.05. The van der Waals surface area contributed by atoms with Crippen LogP contribution in [0.2, 0.25) is 0 Å². The van der Waals surface area contributed by atoms with Gasteiger partial charge in [0.15, 0.2) is 0 Å². The fourth-order valence-corrected chi connectivity index (χ4v) is 3.78. The van der Waals surface area contributed by atoms with Gasteiger partial charge in [0.2, 0.25) is 10.0 Å². The average molecular weight is 395 g/mol. The first-order valence-electron chi connectivity index (χ1n) is 8.73. The molecule has 0 aliphatic rings. The number of rotatable bonds is 7. The Balaban J connectivity index is 1.52. The van der Waals surface area contributed by atoms with Gasteiger partial charge in [-0.15, -0.1) is 0 Å². The lowest BCUT2D eigenvalue weighted by Gasteiger charge is -2.10. The Morgan fingerprint density at radius 3 is 1.86 bits per heavy atom. The van der Waals surface area contributed by atoms with Crippen LogP contribution in [0.3, 0.4) is 0 Å². The number of amides is 2. The molecule has 28 heavy (non-hydrogen) atoms. The third kappa shape index (κ3) is 6.14. The minimum absolute atomic E-state index is 0.101. The number of nitrogens with one attached hydrogen (secondary N) is 3. The molecular formula is C21H21N3O3S. The molecule has 2 amide bonds. The molecule has 0 heterocycles. The second-order valence-corrected chi connectivity index (χ2v) is 7.94. The first-order chi connectivity index (χ1) is 13.5. The van der Waals surface area contributed by atoms with Crippen LogP contribution < -0.4 is 15.4 Å². The Morgan fingerprint density at radius 1 is 0.714 bits per heavy atom. The van der Waals surface area contributed by atoms with Crippen molar-refractivity contribution in [2.45, 2.75) is 12.3 Å². The molecule has 3 aromatic carbocycles. The minimum atomic E-state index is -3.51. The van der Waals surface area contributed by atoms with Crippen LogP contribution in [0.4, 0.5) is 16.2 Å². The molecule has 6 nitrogen and oxygen atoms in total. The van der Waals surface area contributed by atoms with Crippen molar-refractivity contribution in [3.63, 3.8) is 0 Å². The monoisotopic (exact) mass is 395 g/mol. The van der Waals surface area contributed by atoms with Crippen molar-refractivity contribution < 1.29 is 13.2 Å². The summed E-state index contributed by atoms with van der Waals surface area (Å²) in [6, 6.07) is 24.7. The van der Waals surface area contributed by atoms with E-state index in [-0.39, 0.29) is 11.8 Å². The van der Waals surface area contributed by atoms with Gasteiger partial charge in [-0.2, -0.15) is 0 Å². The van der Waals surface area contributed by atoms with E-state index in [2.05, 4.69) is 15.4 Å². The predicted octanol–water partition coefficient (Wildman–Crippen LogP) is 3.95. The Kier molecular flexibility index (Phi) is 6.29. The number of hydrogen-bond acceptors (Lipinski definition) is 3. The molecule has 3 rings (SSSR count). The smallest absolute Gasteiger partial charge is 0.319 e. The molecule has 0 atom stereocenters. The fourth-order valence-electron chi connectivity index (χ4n) is 2.58. The molecule has 0 aromatic heterocycles. The number of benzene rings is 3. The quantitative estimate of drug-likeness (QED) is 0.566. The minimum Gasteiger partial charge on any atom is -0.334 e. The first kappa shape index (κ1) is 19.4.